The lowest BCUT2D eigenvalue weighted by Crippen LogP contribution is -2.50. The summed E-state index contributed by atoms with van der Waals surface area (Å²) >= 11 is 0. The van der Waals surface area contributed by atoms with Gasteiger partial charge in [-0.3, -0.25) is 23.7 Å². The van der Waals surface area contributed by atoms with Crippen LogP contribution in [-0.2, 0) is 62.9 Å². The number of hydrogen-bond acceptors (Lipinski definition) is 15. The summed E-state index contributed by atoms with van der Waals surface area (Å²) in [7, 11) is -4.94. The zero-order valence-electron chi connectivity index (χ0n) is 38.9. The third-order valence-electron chi connectivity index (χ3n) is 10.8. The molecule has 17 heteroatoms. The van der Waals surface area contributed by atoms with E-state index in [1.165, 1.54) is 19.4 Å². The number of esters is 4. The van der Waals surface area contributed by atoms with Crippen molar-refractivity contribution in [2.45, 2.75) is 158 Å². The van der Waals surface area contributed by atoms with Crippen LogP contribution < -0.4 is 5.63 Å². The monoisotopic (exact) mass is 908 g/mol. The molecule has 0 radical (unpaired) electrons. The molecule has 2 rings (SSSR count). The Morgan fingerprint density at radius 2 is 1.51 bits per heavy atom. The maximum absolute atomic E-state index is 13.8. The average Bonchev–Trinajstić information content (AvgIpc) is 3.14. The summed E-state index contributed by atoms with van der Waals surface area (Å²) in [6.07, 6.45) is 7.05. The first-order chi connectivity index (χ1) is 29.1. The van der Waals surface area contributed by atoms with Gasteiger partial charge in [0, 0.05) is 46.1 Å². The SMILES string of the molecule is CCC(C)CC(C)/C=C(C)/C=C/CC(C)C(OC(C)=O)C(C)/C=C(C)/C=C/C(OC(C)=O)C(C)(C)c1cc(O)c(C2OC(COS(=O)(=O)O)CC(OC(C)=O)C2OC(C)=O)c(=O)o1. The maximum atomic E-state index is 13.8. The van der Waals surface area contributed by atoms with Crippen LogP contribution in [-0.4, -0.2) is 79.1 Å². The first-order valence-electron chi connectivity index (χ1n) is 21.2. The molecule has 1 fully saturated rings. The predicted octanol–water partition coefficient (Wildman–Crippen LogP) is 7.74. The van der Waals surface area contributed by atoms with Crippen LogP contribution in [0, 0.1) is 23.7 Å². The fraction of sp³-hybridized carbons (Fsp3) is 0.630. The highest BCUT2D eigenvalue weighted by Crippen LogP contribution is 2.40. The number of carbonyl (C=O) groups is 4. The van der Waals surface area contributed by atoms with Crippen LogP contribution in [0.15, 0.2) is 62.9 Å². The molecule has 2 heterocycles. The summed E-state index contributed by atoms with van der Waals surface area (Å²) < 4.78 is 70.1. The molecule has 0 aromatic carbocycles. The van der Waals surface area contributed by atoms with E-state index in [0.717, 1.165) is 38.3 Å². The van der Waals surface area contributed by atoms with E-state index in [2.05, 4.69) is 50.1 Å². The fourth-order valence-corrected chi connectivity index (χ4v) is 7.94. The van der Waals surface area contributed by atoms with Crippen LogP contribution in [0.25, 0.3) is 0 Å². The van der Waals surface area contributed by atoms with Crippen LogP contribution in [0.1, 0.15) is 133 Å². The Bertz CT molecular complexity index is 2030. The number of hydrogen-bond donors (Lipinski definition) is 2. The molecule has 1 saturated heterocycles. The molecule has 2 N–H and O–H groups in total. The highest BCUT2D eigenvalue weighted by Gasteiger charge is 2.47. The first kappa shape index (κ1) is 54.6. The Kier molecular flexibility index (Phi) is 21.2. The summed E-state index contributed by atoms with van der Waals surface area (Å²) in [6.45, 7) is 21.7. The maximum Gasteiger partial charge on any atom is 0.397 e. The molecule has 10 atom stereocenters. The van der Waals surface area contributed by atoms with E-state index in [1.54, 1.807) is 26.0 Å². The second kappa shape index (κ2) is 24.5. The van der Waals surface area contributed by atoms with Gasteiger partial charge >= 0.3 is 39.9 Å². The molecule has 0 amide bonds. The van der Waals surface area contributed by atoms with Gasteiger partial charge in [0.25, 0.3) is 0 Å². The molecule has 63 heavy (non-hydrogen) atoms. The van der Waals surface area contributed by atoms with Crippen LogP contribution in [0.2, 0.25) is 0 Å². The van der Waals surface area contributed by atoms with Gasteiger partial charge in [-0.2, -0.15) is 8.42 Å². The smallest absolute Gasteiger partial charge is 0.397 e. The zero-order chi connectivity index (χ0) is 48.0. The second-order valence-corrected chi connectivity index (χ2v) is 18.3. The molecule has 1 aliphatic rings. The average molecular weight is 909 g/mol. The fourth-order valence-electron chi connectivity index (χ4n) is 7.62. The van der Waals surface area contributed by atoms with E-state index in [1.807, 2.05) is 26.8 Å². The van der Waals surface area contributed by atoms with Crippen molar-refractivity contribution < 1.29 is 69.5 Å². The van der Waals surface area contributed by atoms with Gasteiger partial charge in [0.05, 0.1) is 18.1 Å². The molecule has 0 spiro atoms. The van der Waals surface area contributed by atoms with Crippen molar-refractivity contribution in [2.24, 2.45) is 23.7 Å². The van der Waals surface area contributed by atoms with E-state index in [0.29, 0.717) is 18.3 Å². The summed E-state index contributed by atoms with van der Waals surface area (Å²) in [6, 6.07) is 1.10. The Balaban J connectivity index is 2.48. The molecule has 1 aliphatic heterocycles. The Morgan fingerprint density at radius 3 is 2.05 bits per heavy atom. The van der Waals surface area contributed by atoms with E-state index < -0.39 is 99.9 Å². The third-order valence-corrected chi connectivity index (χ3v) is 11.2. The van der Waals surface area contributed by atoms with Gasteiger partial charge in [-0.15, -0.1) is 0 Å². The minimum absolute atomic E-state index is 0.0310. The summed E-state index contributed by atoms with van der Waals surface area (Å²) in [4.78, 5) is 62.6. The van der Waals surface area contributed by atoms with Crippen molar-refractivity contribution in [2.75, 3.05) is 6.61 Å². The second-order valence-electron chi connectivity index (χ2n) is 17.3. The van der Waals surface area contributed by atoms with Gasteiger partial charge in [0.15, 0.2) is 6.10 Å². The quantitative estimate of drug-likeness (QED) is 0.0491. The first-order valence-corrected chi connectivity index (χ1v) is 22.6. The summed E-state index contributed by atoms with van der Waals surface area (Å²) in [5.41, 5.74) is -1.14. The van der Waals surface area contributed by atoms with E-state index in [-0.39, 0.29) is 24.0 Å². The topological polar surface area (TPSA) is 228 Å². The highest BCUT2D eigenvalue weighted by molar-refractivity contribution is 7.80. The summed E-state index contributed by atoms with van der Waals surface area (Å²) in [5, 5.41) is 11.4. The van der Waals surface area contributed by atoms with E-state index in [9.17, 15) is 37.5 Å². The minimum atomic E-state index is -4.94. The number of ether oxygens (including phenoxy) is 5. The van der Waals surface area contributed by atoms with E-state index >= 15 is 0 Å². The molecule has 0 aliphatic carbocycles. The Hall–Kier alpha value is -4.58. The van der Waals surface area contributed by atoms with Crippen molar-refractivity contribution in [1.29, 1.82) is 0 Å². The molecule has 1 aromatic heterocycles. The van der Waals surface area contributed by atoms with Gasteiger partial charge in [-0.25, -0.2) is 8.98 Å². The molecular formula is C46H68O16S. The lowest BCUT2D eigenvalue weighted by molar-refractivity contribution is -0.212. The molecule has 354 valence electrons. The van der Waals surface area contributed by atoms with Crippen molar-refractivity contribution in [3.63, 3.8) is 0 Å². The third kappa shape index (κ3) is 18.2. The molecule has 16 nitrogen and oxygen atoms in total. The highest BCUT2D eigenvalue weighted by atomic mass is 32.3. The van der Waals surface area contributed by atoms with Crippen LogP contribution in [0.4, 0.5) is 0 Å². The van der Waals surface area contributed by atoms with Crippen molar-refractivity contribution in [1.82, 2.24) is 0 Å². The number of carbonyl (C=O) groups excluding carboxylic acids is 4. The standard InChI is InChI=1S/C46H68O16S/c1-14-26(2)20-29(5)21-27(3)16-15-17-30(6)42(59-34(10)49)31(7)22-28(4)18-19-39(58-33(9)48)46(12,13)40-24-37(51)41(45(52)62-40)44-43(60-35(11)50)38(57-32(8)47)23-36(61-44)25-56-63(53,54)55/h15-16,18-19,21-22,24,26,29-31,36,38-39,42-44,51H,14,17,20,23,25H2,1-13H3,(H,53,54,55)/b16-15+,19-18+,27-21+,28-22+. The summed E-state index contributed by atoms with van der Waals surface area (Å²) in [5.74, 6) is -2.71. The Morgan fingerprint density at radius 1 is 0.905 bits per heavy atom. The molecule has 0 bridgehead atoms. The number of allylic oxidation sites excluding steroid dienone is 6. The lowest BCUT2D eigenvalue weighted by Gasteiger charge is -2.40. The number of rotatable bonds is 22. The minimum Gasteiger partial charge on any atom is -0.507 e. The van der Waals surface area contributed by atoms with E-state index in [4.69, 9.17) is 32.7 Å². The van der Waals surface area contributed by atoms with Gasteiger partial charge in [0.2, 0.25) is 0 Å². The largest absolute Gasteiger partial charge is 0.507 e. The lowest BCUT2D eigenvalue weighted by atomic mass is 9.82. The molecular weight excluding hydrogens is 841 g/mol. The molecule has 0 saturated carbocycles. The predicted molar refractivity (Wildman–Crippen MR) is 234 cm³/mol. The zero-order valence-corrected chi connectivity index (χ0v) is 39.7. The van der Waals surface area contributed by atoms with Crippen LogP contribution in [0.3, 0.4) is 0 Å². The van der Waals surface area contributed by atoms with Gasteiger partial charge in [0.1, 0.15) is 41.5 Å². The molecule has 1 aromatic rings. The van der Waals surface area contributed by atoms with Gasteiger partial charge < -0.3 is 33.2 Å². The van der Waals surface area contributed by atoms with Gasteiger partial charge in [-0.1, -0.05) is 82.6 Å². The molecule has 10 unspecified atom stereocenters. The van der Waals surface area contributed by atoms with Crippen LogP contribution in [0.5, 0.6) is 5.75 Å². The van der Waals surface area contributed by atoms with Crippen LogP contribution >= 0.6 is 0 Å². The van der Waals surface area contributed by atoms with Gasteiger partial charge in [-0.05, 0) is 64.4 Å². The number of aromatic hydroxyl groups is 1. The van der Waals surface area contributed by atoms with Crippen molar-refractivity contribution in [3.05, 3.63) is 75.4 Å². The normalized spacial score (nSPS) is 21.9. The van der Waals surface area contributed by atoms with Crippen molar-refractivity contribution >= 4 is 34.3 Å². The van der Waals surface area contributed by atoms with Crippen molar-refractivity contribution in [3.8, 4) is 5.75 Å². The Labute approximate surface area is 372 Å².